The van der Waals surface area contributed by atoms with Crippen LogP contribution in [0.1, 0.15) is 13.8 Å². The molecular formula is C9H16N2O. The molecule has 0 rings (SSSR count). The smallest absolute Gasteiger partial charge is 0.267 e. The number of hydrogen-bond acceptors (Lipinski definition) is 2. The van der Waals surface area contributed by atoms with E-state index in [4.69, 9.17) is 0 Å². The summed E-state index contributed by atoms with van der Waals surface area (Å²) < 4.78 is 0. The Morgan fingerprint density at radius 3 is 2.50 bits per heavy atom. The molecule has 3 heteroatoms. The molecule has 0 bridgehead atoms. The Hall–Kier alpha value is -1.25. The summed E-state index contributed by atoms with van der Waals surface area (Å²) in [6.07, 6.45) is 1.73. The Labute approximate surface area is 73.5 Å². The first-order valence-electron chi connectivity index (χ1n) is 3.88. The van der Waals surface area contributed by atoms with E-state index in [1.165, 1.54) is 0 Å². The number of likely N-dealkylation sites (N-methyl/N-ethyl adjacent to an activating group) is 1. The van der Waals surface area contributed by atoms with Crippen LogP contribution >= 0.6 is 0 Å². The predicted octanol–water partition coefficient (Wildman–Crippen LogP) is 0.802. The van der Waals surface area contributed by atoms with Crippen LogP contribution in [0.4, 0.5) is 0 Å². The zero-order valence-electron chi connectivity index (χ0n) is 7.90. The quantitative estimate of drug-likeness (QED) is 0.481. The van der Waals surface area contributed by atoms with Crippen molar-refractivity contribution in [2.75, 3.05) is 13.6 Å². The van der Waals surface area contributed by atoms with Crippen LogP contribution in [0.5, 0.6) is 0 Å². The molecule has 1 amide bonds. The second-order valence-corrected chi connectivity index (χ2v) is 2.59. The molecule has 0 unspecified atom stereocenters. The van der Waals surface area contributed by atoms with Gasteiger partial charge in [-0.1, -0.05) is 18.2 Å². The molecule has 3 nitrogen and oxygen atoms in total. The van der Waals surface area contributed by atoms with E-state index in [1.54, 1.807) is 13.1 Å². The Balaban J connectivity index is 3.95. The van der Waals surface area contributed by atoms with E-state index in [2.05, 4.69) is 17.2 Å². The second-order valence-electron chi connectivity index (χ2n) is 2.59. The van der Waals surface area contributed by atoms with Crippen molar-refractivity contribution in [3.63, 3.8) is 0 Å². The van der Waals surface area contributed by atoms with Gasteiger partial charge in [-0.2, -0.15) is 0 Å². The lowest BCUT2D eigenvalue weighted by atomic mass is 10.3. The van der Waals surface area contributed by atoms with Crippen LogP contribution in [0.2, 0.25) is 0 Å². The third-order valence-electron chi connectivity index (χ3n) is 1.35. The van der Waals surface area contributed by atoms with Gasteiger partial charge < -0.3 is 10.6 Å². The lowest BCUT2D eigenvalue weighted by molar-refractivity contribution is -0.117. The highest BCUT2D eigenvalue weighted by Gasteiger charge is 2.03. The van der Waals surface area contributed by atoms with Crippen LogP contribution in [0.3, 0.4) is 0 Å². The summed E-state index contributed by atoms with van der Waals surface area (Å²) in [6, 6.07) is 0. The van der Waals surface area contributed by atoms with Crippen LogP contribution < -0.4 is 10.6 Å². The van der Waals surface area contributed by atoms with Crippen molar-refractivity contribution in [2.45, 2.75) is 13.8 Å². The normalized spacial score (nSPS) is 10.8. The van der Waals surface area contributed by atoms with Crippen LogP contribution in [0.25, 0.3) is 0 Å². The van der Waals surface area contributed by atoms with E-state index in [-0.39, 0.29) is 5.91 Å². The van der Waals surface area contributed by atoms with E-state index in [1.807, 2.05) is 13.8 Å². The average molecular weight is 168 g/mol. The number of nitrogens with one attached hydrogen (secondary N) is 2. The molecule has 0 radical (unpaired) electrons. The Kier molecular flexibility index (Phi) is 4.84. The molecule has 0 aromatic heterocycles. The molecule has 0 aliphatic heterocycles. The van der Waals surface area contributed by atoms with Gasteiger partial charge in [-0.3, -0.25) is 4.79 Å². The Morgan fingerprint density at radius 1 is 1.58 bits per heavy atom. The molecule has 0 aromatic carbocycles. The summed E-state index contributed by atoms with van der Waals surface area (Å²) in [5.74, 6) is -0.0944. The minimum absolute atomic E-state index is 0.0944. The number of hydrogen-bond donors (Lipinski definition) is 2. The van der Waals surface area contributed by atoms with Crippen molar-refractivity contribution in [1.82, 2.24) is 10.6 Å². The molecule has 12 heavy (non-hydrogen) atoms. The van der Waals surface area contributed by atoms with Crippen LogP contribution in [-0.4, -0.2) is 19.5 Å². The van der Waals surface area contributed by atoms with Crippen molar-refractivity contribution in [2.24, 2.45) is 0 Å². The van der Waals surface area contributed by atoms with Gasteiger partial charge >= 0.3 is 0 Å². The molecule has 0 saturated carbocycles. The van der Waals surface area contributed by atoms with E-state index in [0.29, 0.717) is 12.2 Å². The maximum Gasteiger partial charge on any atom is 0.267 e. The van der Waals surface area contributed by atoms with Gasteiger partial charge in [-0.15, -0.1) is 0 Å². The average Bonchev–Trinajstić information content (AvgIpc) is 2.03. The maximum absolute atomic E-state index is 11.2. The standard InChI is InChI=1S/C9H16N2O/c1-5-8(10-4)9(12)11-6-7(2)3/h5,10H,2,6H2,1,3-4H3,(H,11,12)/b8-5+. The first-order chi connectivity index (χ1) is 5.61. The minimum Gasteiger partial charge on any atom is -0.384 e. The Bertz CT molecular complexity index is 207. The van der Waals surface area contributed by atoms with Gasteiger partial charge in [0.05, 0.1) is 5.70 Å². The molecule has 0 atom stereocenters. The highest BCUT2D eigenvalue weighted by Crippen LogP contribution is 1.88. The molecule has 68 valence electrons. The minimum atomic E-state index is -0.0944. The lowest BCUT2D eigenvalue weighted by Gasteiger charge is -2.06. The molecule has 0 aromatic rings. The fraction of sp³-hybridized carbons (Fsp3) is 0.444. The fourth-order valence-electron chi connectivity index (χ4n) is 0.715. The number of allylic oxidation sites excluding steroid dienone is 1. The predicted molar refractivity (Wildman–Crippen MR) is 50.6 cm³/mol. The molecule has 0 fully saturated rings. The summed E-state index contributed by atoms with van der Waals surface area (Å²) in [4.78, 5) is 11.2. The topological polar surface area (TPSA) is 41.1 Å². The number of carbonyl (C=O) groups excluding carboxylic acids is 1. The van der Waals surface area contributed by atoms with Crippen LogP contribution in [0, 0.1) is 0 Å². The van der Waals surface area contributed by atoms with Gasteiger partial charge in [-0.05, 0) is 13.8 Å². The fourth-order valence-corrected chi connectivity index (χ4v) is 0.715. The SMILES string of the molecule is C=C(C)CNC(=O)/C(=C\C)NC. The highest BCUT2D eigenvalue weighted by atomic mass is 16.2. The second kappa shape index (κ2) is 5.41. The monoisotopic (exact) mass is 168 g/mol. The summed E-state index contributed by atoms with van der Waals surface area (Å²) in [7, 11) is 1.72. The van der Waals surface area contributed by atoms with Crippen molar-refractivity contribution >= 4 is 5.91 Å². The first kappa shape index (κ1) is 10.8. The van der Waals surface area contributed by atoms with E-state index < -0.39 is 0 Å². The zero-order valence-corrected chi connectivity index (χ0v) is 7.90. The number of carbonyl (C=O) groups is 1. The van der Waals surface area contributed by atoms with Gasteiger partial charge in [0, 0.05) is 13.6 Å². The summed E-state index contributed by atoms with van der Waals surface area (Å²) in [5.41, 5.74) is 1.52. The molecule has 0 heterocycles. The van der Waals surface area contributed by atoms with Gasteiger partial charge in [0.25, 0.3) is 5.91 Å². The van der Waals surface area contributed by atoms with Gasteiger partial charge in [-0.25, -0.2) is 0 Å². The summed E-state index contributed by atoms with van der Waals surface area (Å²) in [5, 5.41) is 5.51. The van der Waals surface area contributed by atoms with E-state index in [0.717, 1.165) is 5.57 Å². The number of amides is 1. The number of rotatable bonds is 4. The van der Waals surface area contributed by atoms with Crippen molar-refractivity contribution in [3.05, 3.63) is 23.9 Å². The van der Waals surface area contributed by atoms with Crippen molar-refractivity contribution in [1.29, 1.82) is 0 Å². The van der Waals surface area contributed by atoms with E-state index in [9.17, 15) is 4.79 Å². The summed E-state index contributed by atoms with van der Waals surface area (Å²) in [6.45, 7) is 7.89. The summed E-state index contributed by atoms with van der Waals surface area (Å²) >= 11 is 0. The van der Waals surface area contributed by atoms with Crippen molar-refractivity contribution < 1.29 is 4.79 Å². The zero-order chi connectivity index (χ0) is 9.56. The van der Waals surface area contributed by atoms with Crippen LogP contribution in [0.15, 0.2) is 23.9 Å². The largest absolute Gasteiger partial charge is 0.384 e. The van der Waals surface area contributed by atoms with Crippen LogP contribution in [-0.2, 0) is 4.79 Å². The van der Waals surface area contributed by atoms with Gasteiger partial charge in [0.15, 0.2) is 0 Å². The Morgan fingerprint density at radius 2 is 2.17 bits per heavy atom. The van der Waals surface area contributed by atoms with Gasteiger partial charge in [0.1, 0.15) is 0 Å². The molecule has 2 N–H and O–H groups in total. The van der Waals surface area contributed by atoms with Gasteiger partial charge in [0.2, 0.25) is 0 Å². The molecule has 0 spiro atoms. The molecular weight excluding hydrogens is 152 g/mol. The first-order valence-corrected chi connectivity index (χ1v) is 3.88. The molecule has 0 aliphatic carbocycles. The maximum atomic E-state index is 11.2. The third kappa shape index (κ3) is 3.81. The van der Waals surface area contributed by atoms with E-state index >= 15 is 0 Å². The molecule has 0 saturated heterocycles. The van der Waals surface area contributed by atoms with Crippen molar-refractivity contribution in [3.8, 4) is 0 Å². The highest BCUT2D eigenvalue weighted by molar-refractivity contribution is 5.92. The lowest BCUT2D eigenvalue weighted by Crippen LogP contribution is -2.31. The molecule has 0 aliphatic rings. The third-order valence-corrected chi connectivity index (χ3v) is 1.35.